The van der Waals surface area contributed by atoms with Gasteiger partial charge in [0, 0.05) is 6.07 Å². The van der Waals surface area contributed by atoms with E-state index < -0.39 is 23.6 Å². The number of carbonyl (C=O) groups excluding carboxylic acids is 2. The van der Waals surface area contributed by atoms with E-state index in [0.717, 1.165) is 12.1 Å². The number of anilines is 2. The molecule has 2 amide bonds. The molecular weight excluding hydrogens is 318 g/mol. The summed E-state index contributed by atoms with van der Waals surface area (Å²) in [7, 11) is 0. The number of amides is 2. The smallest absolute Gasteiger partial charge is 0.265 e. The fourth-order valence-corrected chi connectivity index (χ4v) is 2.34. The van der Waals surface area contributed by atoms with Gasteiger partial charge in [0.1, 0.15) is 17.4 Å². The predicted molar refractivity (Wildman–Crippen MR) is 83.9 cm³/mol. The number of rotatable bonds is 3. The average Bonchev–Trinajstić information content (AvgIpc) is 2.51. The molecule has 24 heavy (non-hydrogen) atoms. The molecule has 1 unspecified atom stereocenters. The summed E-state index contributed by atoms with van der Waals surface area (Å²) < 4.78 is 31.8. The zero-order chi connectivity index (χ0) is 17.3. The van der Waals surface area contributed by atoms with E-state index in [1.165, 1.54) is 0 Å². The molecule has 0 bridgehead atoms. The van der Waals surface area contributed by atoms with Gasteiger partial charge in [0.15, 0.2) is 6.10 Å². The number of hydrogen-bond donors (Lipinski definition) is 2. The summed E-state index contributed by atoms with van der Waals surface area (Å²) in [5, 5.41) is 5.07. The molecule has 7 heteroatoms. The van der Waals surface area contributed by atoms with E-state index in [2.05, 4.69) is 10.6 Å². The molecule has 2 aromatic carbocycles. The Kier molecular flexibility index (Phi) is 4.16. The van der Waals surface area contributed by atoms with Gasteiger partial charge < -0.3 is 15.4 Å². The normalized spacial score (nSPS) is 16.0. The molecular formula is C17H14F2N2O3. The summed E-state index contributed by atoms with van der Waals surface area (Å²) in [6.45, 7) is 1.64. The molecule has 0 aliphatic carbocycles. The van der Waals surface area contributed by atoms with E-state index in [-0.39, 0.29) is 18.0 Å². The first-order chi connectivity index (χ1) is 11.4. The number of nitrogens with one attached hydrogen (secondary N) is 2. The Bertz CT molecular complexity index is 823. The van der Waals surface area contributed by atoms with Crippen molar-refractivity contribution < 1.29 is 23.1 Å². The van der Waals surface area contributed by atoms with Crippen molar-refractivity contribution >= 4 is 23.2 Å². The molecule has 1 atom stereocenters. The van der Waals surface area contributed by atoms with Gasteiger partial charge in [-0.1, -0.05) is 6.07 Å². The number of ether oxygens (including phenoxy) is 1. The molecule has 2 N–H and O–H groups in total. The molecule has 0 saturated heterocycles. The number of carbonyl (C=O) groups is 2. The number of halogens is 2. The third-order valence-electron chi connectivity index (χ3n) is 3.54. The van der Waals surface area contributed by atoms with Crippen molar-refractivity contribution in [1.29, 1.82) is 0 Å². The highest BCUT2D eigenvalue weighted by Gasteiger charge is 2.23. The summed E-state index contributed by atoms with van der Waals surface area (Å²) in [6, 6.07) is 7.88. The Hall–Kier alpha value is -2.96. The third-order valence-corrected chi connectivity index (χ3v) is 3.54. The minimum Gasteiger partial charge on any atom is -0.479 e. The highest BCUT2D eigenvalue weighted by Crippen LogP contribution is 2.30. The molecule has 1 heterocycles. The lowest BCUT2D eigenvalue weighted by atomic mass is 10.1. The van der Waals surface area contributed by atoms with Crippen LogP contribution >= 0.6 is 0 Å². The molecule has 5 nitrogen and oxygen atoms in total. The first-order valence-corrected chi connectivity index (χ1v) is 7.28. The highest BCUT2D eigenvalue weighted by molar-refractivity contribution is 5.98. The lowest BCUT2D eigenvalue weighted by Gasteiger charge is -2.23. The largest absolute Gasteiger partial charge is 0.479 e. The molecule has 0 fully saturated rings. The van der Waals surface area contributed by atoms with E-state index in [0.29, 0.717) is 23.1 Å². The fraction of sp³-hybridized carbons (Fsp3) is 0.176. The molecule has 0 radical (unpaired) electrons. The summed E-state index contributed by atoms with van der Waals surface area (Å²) in [6.07, 6.45) is -0.608. The highest BCUT2D eigenvalue weighted by atomic mass is 19.1. The molecule has 3 rings (SSSR count). The van der Waals surface area contributed by atoms with E-state index >= 15 is 0 Å². The van der Waals surface area contributed by atoms with Crippen LogP contribution in [0.25, 0.3) is 0 Å². The third kappa shape index (κ3) is 3.34. The number of benzene rings is 2. The van der Waals surface area contributed by atoms with Gasteiger partial charge in [0.05, 0.1) is 17.8 Å². The van der Waals surface area contributed by atoms with Gasteiger partial charge in [-0.3, -0.25) is 9.59 Å². The van der Waals surface area contributed by atoms with Gasteiger partial charge in [-0.05, 0) is 36.8 Å². The minimum absolute atomic E-state index is 0.0322. The Morgan fingerprint density at radius 1 is 1.25 bits per heavy atom. The second-order valence-electron chi connectivity index (χ2n) is 5.43. The lowest BCUT2D eigenvalue weighted by Crippen LogP contribution is -2.34. The van der Waals surface area contributed by atoms with Gasteiger partial charge in [0.2, 0.25) is 5.91 Å². The molecule has 0 saturated carbocycles. The van der Waals surface area contributed by atoms with Gasteiger partial charge in [0.25, 0.3) is 5.91 Å². The topological polar surface area (TPSA) is 67.4 Å². The first-order valence-electron chi connectivity index (χ1n) is 7.28. The molecule has 2 aromatic rings. The minimum atomic E-state index is -0.844. The fourth-order valence-electron chi connectivity index (χ4n) is 2.34. The van der Waals surface area contributed by atoms with Gasteiger partial charge in [-0.15, -0.1) is 0 Å². The zero-order valence-corrected chi connectivity index (χ0v) is 12.7. The van der Waals surface area contributed by atoms with Crippen molar-refractivity contribution in [2.24, 2.45) is 0 Å². The van der Waals surface area contributed by atoms with Crippen LogP contribution in [0, 0.1) is 11.6 Å². The van der Waals surface area contributed by atoms with Crippen molar-refractivity contribution in [2.75, 3.05) is 10.6 Å². The van der Waals surface area contributed by atoms with Crippen molar-refractivity contribution in [3.63, 3.8) is 0 Å². The molecule has 124 valence electrons. The Balaban J connectivity index is 1.71. The van der Waals surface area contributed by atoms with Gasteiger partial charge in [-0.25, -0.2) is 8.78 Å². The van der Waals surface area contributed by atoms with Crippen molar-refractivity contribution in [3.05, 3.63) is 53.6 Å². The van der Waals surface area contributed by atoms with Crippen LogP contribution in [0.2, 0.25) is 0 Å². The standard InChI is InChI=1S/C17H14F2N2O3/c1-9-17(23)21-14-6-10(2-5-15(14)24-9)7-16(22)20-13-4-3-11(18)8-12(13)19/h2-6,8-9H,7H2,1H3,(H,20,22)(H,21,23). The monoisotopic (exact) mass is 332 g/mol. The average molecular weight is 332 g/mol. The molecule has 0 spiro atoms. The molecule has 1 aliphatic rings. The summed E-state index contributed by atoms with van der Waals surface area (Å²) >= 11 is 0. The lowest BCUT2D eigenvalue weighted by molar-refractivity contribution is -0.122. The van der Waals surface area contributed by atoms with Crippen LogP contribution < -0.4 is 15.4 Å². The summed E-state index contributed by atoms with van der Waals surface area (Å²) in [5.41, 5.74) is 1.01. The zero-order valence-electron chi connectivity index (χ0n) is 12.7. The van der Waals surface area contributed by atoms with Gasteiger partial charge >= 0.3 is 0 Å². The SMILES string of the molecule is CC1Oc2ccc(CC(=O)Nc3ccc(F)cc3F)cc2NC1=O. The molecule has 0 aromatic heterocycles. The van der Waals surface area contributed by atoms with Crippen LogP contribution in [0.15, 0.2) is 36.4 Å². The van der Waals surface area contributed by atoms with E-state index in [1.807, 2.05) is 0 Å². The maximum absolute atomic E-state index is 13.5. The Morgan fingerprint density at radius 3 is 2.79 bits per heavy atom. The second-order valence-corrected chi connectivity index (χ2v) is 5.43. The van der Waals surface area contributed by atoms with E-state index in [9.17, 15) is 18.4 Å². The summed E-state index contributed by atoms with van der Waals surface area (Å²) in [4.78, 5) is 23.6. The Labute approximate surface area is 136 Å². The van der Waals surface area contributed by atoms with E-state index in [4.69, 9.17) is 4.74 Å². The van der Waals surface area contributed by atoms with Gasteiger partial charge in [-0.2, -0.15) is 0 Å². The van der Waals surface area contributed by atoms with Crippen LogP contribution in [0.4, 0.5) is 20.2 Å². The van der Waals surface area contributed by atoms with E-state index in [1.54, 1.807) is 25.1 Å². The molecule has 1 aliphatic heterocycles. The Morgan fingerprint density at radius 2 is 2.04 bits per heavy atom. The van der Waals surface area contributed by atoms with Crippen molar-refractivity contribution in [1.82, 2.24) is 0 Å². The van der Waals surface area contributed by atoms with Crippen LogP contribution in [-0.4, -0.2) is 17.9 Å². The first kappa shape index (κ1) is 15.9. The number of hydrogen-bond acceptors (Lipinski definition) is 3. The quantitative estimate of drug-likeness (QED) is 0.908. The van der Waals surface area contributed by atoms with Crippen LogP contribution in [0.3, 0.4) is 0 Å². The summed E-state index contributed by atoms with van der Waals surface area (Å²) in [5.74, 6) is -1.76. The van der Waals surface area contributed by atoms with Crippen molar-refractivity contribution in [2.45, 2.75) is 19.4 Å². The van der Waals surface area contributed by atoms with Crippen LogP contribution in [0.5, 0.6) is 5.75 Å². The van der Waals surface area contributed by atoms with Crippen LogP contribution in [0.1, 0.15) is 12.5 Å². The number of fused-ring (bicyclic) bond motifs is 1. The second kappa shape index (κ2) is 6.27. The predicted octanol–water partition coefficient (Wildman–Crippen LogP) is 2.87. The van der Waals surface area contributed by atoms with Crippen LogP contribution in [-0.2, 0) is 16.0 Å². The maximum atomic E-state index is 13.5. The van der Waals surface area contributed by atoms with Crippen molar-refractivity contribution in [3.8, 4) is 5.75 Å². The maximum Gasteiger partial charge on any atom is 0.265 e.